The van der Waals surface area contributed by atoms with E-state index in [1.807, 2.05) is 0 Å². The molecule has 0 heterocycles. The zero-order chi connectivity index (χ0) is 6.62. The van der Waals surface area contributed by atoms with E-state index < -0.39 is 6.30 Å². The molecule has 0 aliphatic heterocycles. The Kier molecular flexibility index (Phi) is 2.54. The van der Waals surface area contributed by atoms with Gasteiger partial charge in [-0.15, -0.1) is 6.58 Å². The Bertz CT molecular complexity index is 75.8. The monoisotopic (exact) mass is 125 g/mol. The lowest BCUT2D eigenvalue weighted by molar-refractivity contribution is -0.154. The van der Waals surface area contributed by atoms with Gasteiger partial charge in [-0.05, 0) is 0 Å². The number of nitrogens with one attached hydrogen (secondary N) is 1. The molecule has 0 rings (SSSR count). The van der Waals surface area contributed by atoms with Gasteiger partial charge < -0.3 is 0 Å². The van der Waals surface area contributed by atoms with Crippen molar-refractivity contribution in [1.82, 2.24) is 5.32 Å². The van der Waals surface area contributed by atoms with Gasteiger partial charge in [0.15, 0.2) is 0 Å². The maximum atomic E-state index is 11.1. The van der Waals surface area contributed by atoms with Crippen LogP contribution >= 0.6 is 0 Å². The second-order valence-electron chi connectivity index (χ2n) is 1.17. The number of alkyl halides is 3. The van der Waals surface area contributed by atoms with Crippen LogP contribution in [0.5, 0.6) is 0 Å². The summed E-state index contributed by atoms with van der Waals surface area (Å²) in [6.07, 6.45) is -3.12. The highest BCUT2D eigenvalue weighted by Gasteiger charge is 2.24. The van der Waals surface area contributed by atoms with Crippen LogP contribution in [0.3, 0.4) is 0 Å². The molecular formula is C4H6F3N. The Morgan fingerprint density at radius 3 is 2.12 bits per heavy atom. The van der Waals surface area contributed by atoms with E-state index in [9.17, 15) is 13.2 Å². The van der Waals surface area contributed by atoms with E-state index in [-0.39, 0.29) is 6.54 Å². The molecule has 0 aliphatic rings. The largest absolute Gasteiger partial charge is 0.457 e. The van der Waals surface area contributed by atoms with Gasteiger partial charge in [-0.1, -0.05) is 6.08 Å². The molecule has 0 aromatic carbocycles. The summed E-state index contributed by atoms with van der Waals surface area (Å²) in [5, 5.41) is 1.25. The van der Waals surface area contributed by atoms with Gasteiger partial charge in [-0.3, -0.25) is 0 Å². The van der Waals surface area contributed by atoms with Crippen molar-refractivity contribution in [2.75, 3.05) is 6.54 Å². The van der Waals surface area contributed by atoms with E-state index in [4.69, 9.17) is 0 Å². The minimum absolute atomic E-state index is 0.233. The minimum Gasteiger partial charge on any atom is -0.224 e. The van der Waals surface area contributed by atoms with Crippen LogP contribution in [0, 0.1) is 0 Å². The molecule has 0 aliphatic carbocycles. The lowest BCUT2D eigenvalue weighted by Gasteiger charge is -2.03. The molecule has 1 N–H and O–H groups in total. The van der Waals surface area contributed by atoms with E-state index in [0.717, 1.165) is 6.08 Å². The summed E-state index contributed by atoms with van der Waals surface area (Å²) < 4.78 is 33.3. The van der Waals surface area contributed by atoms with E-state index in [1.165, 1.54) is 5.32 Å². The second kappa shape index (κ2) is 2.71. The molecule has 0 unspecified atom stereocenters. The maximum Gasteiger partial charge on any atom is 0.457 e. The summed E-state index contributed by atoms with van der Waals surface area (Å²) in [5.41, 5.74) is 0. The fraction of sp³-hybridized carbons (Fsp3) is 0.500. The van der Waals surface area contributed by atoms with Gasteiger partial charge in [0.1, 0.15) is 0 Å². The van der Waals surface area contributed by atoms with Gasteiger partial charge in [0.25, 0.3) is 0 Å². The lowest BCUT2D eigenvalue weighted by Crippen LogP contribution is -2.31. The predicted octanol–water partition coefficient (Wildman–Crippen LogP) is 1.28. The number of rotatable bonds is 2. The van der Waals surface area contributed by atoms with Crippen LogP contribution in [0.1, 0.15) is 0 Å². The van der Waals surface area contributed by atoms with Crippen LogP contribution in [-0.2, 0) is 0 Å². The molecule has 0 fully saturated rings. The van der Waals surface area contributed by atoms with Crippen molar-refractivity contribution in [3.63, 3.8) is 0 Å². The van der Waals surface area contributed by atoms with Gasteiger partial charge in [-0.2, -0.15) is 13.2 Å². The second-order valence-corrected chi connectivity index (χ2v) is 1.17. The van der Waals surface area contributed by atoms with Crippen LogP contribution in [0.15, 0.2) is 12.7 Å². The fourth-order valence-electron chi connectivity index (χ4n) is 0.188. The van der Waals surface area contributed by atoms with Crippen LogP contribution < -0.4 is 5.32 Å². The molecule has 0 radical (unpaired) electrons. The Balaban J connectivity index is 3.24. The van der Waals surface area contributed by atoms with Crippen molar-refractivity contribution in [3.8, 4) is 0 Å². The summed E-state index contributed by atoms with van der Waals surface area (Å²) in [5.74, 6) is 0. The molecule has 0 aromatic rings. The molecule has 48 valence electrons. The molecule has 4 heteroatoms. The molecule has 1 nitrogen and oxygen atoms in total. The Labute approximate surface area is 45.2 Å². The van der Waals surface area contributed by atoms with Gasteiger partial charge in [-0.25, -0.2) is 5.32 Å². The summed E-state index contributed by atoms with van der Waals surface area (Å²) in [6.45, 7) is 2.87. The first-order valence-electron chi connectivity index (χ1n) is 1.99. The van der Waals surface area contributed by atoms with Gasteiger partial charge in [0, 0.05) is 6.54 Å². The first-order chi connectivity index (χ1) is 3.56. The Hall–Kier alpha value is -0.510. The van der Waals surface area contributed by atoms with Crippen molar-refractivity contribution in [2.45, 2.75) is 6.30 Å². The summed E-state index contributed by atoms with van der Waals surface area (Å²) in [6, 6.07) is 0. The van der Waals surface area contributed by atoms with Gasteiger partial charge in [0.05, 0.1) is 0 Å². The van der Waals surface area contributed by atoms with E-state index in [1.54, 1.807) is 0 Å². The molecular weight excluding hydrogens is 119 g/mol. The van der Waals surface area contributed by atoms with Crippen molar-refractivity contribution in [2.24, 2.45) is 0 Å². The van der Waals surface area contributed by atoms with Crippen molar-refractivity contribution < 1.29 is 13.2 Å². The lowest BCUT2D eigenvalue weighted by atomic mass is 10.6. The zero-order valence-electron chi connectivity index (χ0n) is 4.13. The topological polar surface area (TPSA) is 12.0 Å². The number of hydrogen-bond donors (Lipinski definition) is 1. The molecule has 0 spiro atoms. The number of hydrogen-bond acceptors (Lipinski definition) is 1. The predicted molar refractivity (Wildman–Crippen MR) is 24.3 cm³/mol. The Morgan fingerprint density at radius 1 is 1.50 bits per heavy atom. The standard InChI is InChI=1S/C4H6F3N/c1-2-3-8-4(5,6)7/h2,8H,1,3H2. The molecule has 0 atom stereocenters. The average Bonchev–Trinajstić information content (AvgIpc) is 1.59. The SMILES string of the molecule is C=CCNC(F)(F)F. The van der Waals surface area contributed by atoms with E-state index >= 15 is 0 Å². The fourth-order valence-corrected chi connectivity index (χ4v) is 0.188. The molecule has 0 amide bonds. The zero-order valence-corrected chi connectivity index (χ0v) is 4.13. The normalized spacial score (nSPS) is 11.4. The molecule has 8 heavy (non-hydrogen) atoms. The van der Waals surface area contributed by atoms with Crippen LogP contribution in [0.4, 0.5) is 13.2 Å². The van der Waals surface area contributed by atoms with Crippen LogP contribution in [0.2, 0.25) is 0 Å². The first-order valence-corrected chi connectivity index (χ1v) is 1.99. The van der Waals surface area contributed by atoms with Crippen molar-refractivity contribution in [1.29, 1.82) is 0 Å². The van der Waals surface area contributed by atoms with Gasteiger partial charge in [0.2, 0.25) is 0 Å². The third kappa shape index (κ3) is 5.49. The number of halogens is 3. The third-order valence-corrected chi connectivity index (χ3v) is 0.447. The van der Waals surface area contributed by atoms with E-state index in [2.05, 4.69) is 6.58 Å². The molecule has 0 aromatic heterocycles. The highest BCUT2D eigenvalue weighted by molar-refractivity contribution is 4.69. The van der Waals surface area contributed by atoms with Crippen molar-refractivity contribution in [3.05, 3.63) is 12.7 Å². The summed E-state index contributed by atoms with van der Waals surface area (Å²) in [4.78, 5) is 0. The highest BCUT2D eigenvalue weighted by Crippen LogP contribution is 2.07. The van der Waals surface area contributed by atoms with Crippen LogP contribution in [0.25, 0.3) is 0 Å². The quantitative estimate of drug-likeness (QED) is 0.433. The minimum atomic E-state index is -4.27. The van der Waals surface area contributed by atoms with E-state index in [0.29, 0.717) is 0 Å². The highest BCUT2D eigenvalue weighted by atomic mass is 19.4. The Morgan fingerprint density at radius 2 is 2.00 bits per heavy atom. The summed E-state index contributed by atoms with van der Waals surface area (Å²) in [7, 11) is 0. The van der Waals surface area contributed by atoms with Crippen LogP contribution in [-0.4, -0.2) is 12.8 Å². The first kappa shape index (κ1) is 7.49. The average molecular weight is 125 g/mol. The third-order valence-electron chi connectivity index (χ3n) is 0.447. The molecule has 0 saturated heterocycles. The van der Waals surface area contributed by atoms with Gasteiger partial charge >= 0.3 is 6.30 Å². The molecule has 0 bridgehead atoms. The smallest absolute Gasteiger partial charge is 0.224 e. The van der Waals surface area contributed by atoms with Crippen molar-refractivity contribution >= 4 is 0 Å². The molecule has 0 saturated carbocycles. The maximum absolute atomic E-state index is 11.1. The summed E-state index contributed by atoms with van der Waals surface area (Å²) >= 11 is 0.